The maximum Gasteiger partial charge on any atom is 0.384 e. The molecule has 0 saturated carbocycles. The van der Waals surface area contributed by atoms with Crippen molar-refractivity contribution in [2.45, 2.75) is 60.1 Å². The Kier molecular flexibility index (Phi) is 8.40. The van der Waals surface area contributed by atoms with Gasteiger partial charge in [-0.3, -0.25) is 0 Å². The molecule has 0 bridgehead atoms. The summed E-state index contributed by atoms with van der Waals surface area (Å²) in [5.74, 6) is -52.2. The van der Waals surface area contributed by atoms with E-state index in [0.29, 0.717) is 0 Å². The van der Waals surface area contributed by atoms with Gasteiger partial charge in [0, 0.05) is 0 Å². The molecule has 30 heavy (non-hydrogen) atoms. The molecule has 0 aromatic rings. The molecule has 0 N–H and O–H groups in total. The molecule has 0 heterocycles. The average Bonchev–Trinajstić information content (AvgIpc) is 2.58. The topological polar surface area (TPSA) is 0 Å². The summed E-state index contributed by atoms with van der Waals surface area (Å²) >= 11 is 9.01. The van der Waals surface area contributed by atoms with Crippen LogP contribution in [0.1, 0.15) is 0 Å². The van der Waals surface area contributed by atoms with E-state index in [9.17, 15) is 74.6 Å². The summed E-state index contributed by atoms with van der Waals surface area (Å²) in [6.07, 6.45) is -15.6. The standard InChI is InChI=1S/C10H5Cl2F17Si/c11-30(12)4(17)6(20,21)8(24,25)10(28,29)9(26,27)7(22,23)5(18,19)2(14)1(13)3(15)16/h1-4,30H. The number of alkyl halides is 17. The number of halogens is 19. The van der Waals surface area contributed by atoms with Gasteiger partial charge in [-0.1, -0.05) is 0 Å². The summed E-state index contributed by atoms with van der Waals surface area (Å²) in [6.45, 7) is 0. The Morgan fingerprint density at radius 1 is 0.500 bits per heavy atom. The highest BCUT2D eigenvalue weighted by Gasteiger charge is 2.92. The molecule has 0 spiro atoms. The van der Waals surface area contributed by atoms with Crippen LogP contribution in [-0.4, -0.2) is 67.5 Å². The van der Waals surface area contributed by atoms with E-state index in [1.807, 2.05) is 0 Å². The molecule has 0 aliphatic heterocycles. The summed E-state index contributed by atoms with van der Waals surface area (Å²) in [6, 6.07) is 0. The van der Waals surface area contributed by atoms with Gasteiger partial charge < -0.3 is 0 Å². The molecule has 0 nitrogen and oxygen atoms in total. The van der Waals surface area contributed by atoms with Crippen molar-refractivity contribution >= 4 is 29.6 Å². The molecule has 20 heteroatoms. The van der Waals surface area contributed by atoms with Crippen molar-refractivity contribution in [1.29, 1.82) is 0 Å². The Labute approximate surface area is 165 Å². The van der Waals surface area contributed by atoms with Crippen LogP contribution in [0.2, 0.25) is 0 Å². The van der Waals surface area contributed by atoms with Crippen molar-refractivity contribution in [1.82, 2.24) is 0 Å². The minimum Gasteiger partial charge on any atom is -0.242 e. The maximum atomic E-state index is 13.4. The van der Waals surface area contributed by atoms with Crippen molar-refractivity contribution in [3.05, 3.63) is 0 Å². The molecule has 0 amide bonds. The Morgan fingerprint density at radius 2 is 0.800 bits per heavy atom. The second-order valence-corrected chi connectivity index (χ2v) is 10.2. The molecule has 0 aliphatic rings. The lowest BCUT2D eigenvalue weighted by Gasteiger charge is -2.42. The third-order valence-corrected chi connectivity index (χ3v) is 5.64. The Bertz CT molecular complexity index is 593. The van der Waals surface area contributed by atoms with Gasteiger partial charge in [-0.25, -0.2) is 22.0 Å². The summed E-state index contributed by atoms with van der Waals surface area (Å²) in [4.78, 5) is 0. The highest BCUT2D eigenvalue weighted by atomic mass is 35.7. The second kappa shape index (κ2) is 8.51. The lowest BCUT2D eigenvalue weighted by Crippen LogP contribution is -2.73. The molecule has 0 saturated heterocycles. The van der Waals surface area contributed by atoms with Crippen LogP contribution in [0.25, 0.3) is 0 Å². The monoisotopic (exact) mass is 546 g/mol. The molecule has 0 aliphatic carbocycles. The van der Waals surface area contributed by atoms with Crippen LogP contribution in [0.15, 0.2) is 0 Å². The zero-order valence-electron chi connectivity index (χ0n) is 13.1. The van der Waals surface area contributed by atoms with Crippen LogP contribution >= 0.6 is 22.2 Å². The Morgan fingerprint density at radius 3 is 1.07 bits per heavy atom. The van der Waals surface area contributed by atoms with Crippen molar-refractivity contribution in [2.24, 2.45) is 0 Å². The SMILES string of the molecule is FC(F)C(F)C(F)C(F)(F)C(F)(F)C(F)(F)C(F)(F)C(F)(F)C(F)(F)C(F)[SiH](Cl)Cl. The fourth-order valence-electron chi connectivity index (χ4n) is 1.65. The Hall–Kier alpha value is -0.393. The van der Waals surface area contributed by atoms with E-state index in [0.717, 1.165) is 0 Å². The number of hydrogen-bond acceptors (Lipinski definition) is 0. The quantitative estimate of drug-likeness (QED) is 0.171. The zero-order valence-corrected chi connectivity index (χ0v) is 15.7. The van der Waals surface area contributed by atoms with Crippen LogP contribution < -0.4 is 0 Å². The first-order chi connectivity index (χ1) is 12.9. The van der Waals surface area contributed by atoms with Gasteiger partial charge in [-0.15, -0.1) is 22.2 Å². The molecule has 0 fully saturated rings. The first-order valence-electron chi connectivity index (χ1n) is 6.62. The summed E-state index contributed by atoms with van der Waals surface area (Å²) in [5.41, 5.74) is 0. The highest BCUT2D eigenvalue weighted by molar-refractivity contribution is 7.34. The summed E-state index contributed by atoms with van der Waals surface area (Å²) in [5, 5.41) is 0. The highest BCUT2D eigenvalue weighted by Crippen LogP contribution is 2.61. The number of hydrogen-bond donors (Lipinski definition) is 0. The van der Waals surface area contributed by atoms with Crippen molar-refractivity contribution in [3.8, 4) is 0 Å². The normalized spacial score (nSPS) is 18.7. The van der Waals surface area contributed by atoms with E-state index in [1.165, 1.54) is 0 Å². The molecule has 182 valence electrons. The van der Waals surface area contributed by atoms with Crippen LogP contribution in [0, 0.1) is 0 Å². The average molecular weight is 547 g/mol. The predicted molar refractivity (Wildman–Crippen MR) is 69.2 cm³/mol. The van der Waals surface area contributed by atoms with Crippen molar-refractivity contribution < 1.29 is 74.6 Å². The van der Waals surface area contributed by atoms with E-state index in [1.54, 1.807) is 0 Å². The second-order valence-electron chi connectivity index (χ2n) is 5.46. The van der Waals surface area contributed by atoms with E-state index in [2.05, 4.69) is 22.2 Å². The lowest BCUT2D eigenvalue weighted by molar-refractivity contribution is -0.432. The molecule has 0 aromatic carbocycles. The fraction of sp³-hybridized carbons (Fsp3) is 1.00. The molecule has 0 rings (SSSR count). The van der Waals surface area contributed by atoms with Crippen LogP contribution in [0.3, 0.4) is 0 Å². The number of rotatable bonds is 10. The van der Waals surface area contributed by atoms with Gasteiger partial charge in [0.05, 0.1) is 0 Å². The van der Waals surface area contributed by atoms with E-state index in [4.69, 9.17) is 0 Å². The van der Waals surface area contributed by atoms with Gasteiger partial charge >= 0.3 is 35.5 Å². The van der Waals surface area contributed by atoms with Crippen LogP contribution in [0.4, 0.5) is 74.6 Å². The minimum absolute atomic E-state index is 4.50. The first kappa shape index (κ1) is 29.6. The Balaban J connectivity index is 6.55. The molecule has 3 atom stereocenters. The molecular formula is C10H5Cl2F17Si. The van der Waals surface area contributed by atoms with Gasteiger partial charge in [-0.05, 0) is 0 Å². The molecular weight excluding hydrogens is 542 g/mol. The molecule has 0 radical (unpaired) electrons. The fourth-order valence-corrected chi connectivity index (χ4v) is 3.12. The third-order valence-electron chi connectivity index (χ3n) is 3.45. The van der Waals surface area contributed by atoms with E-state index >= 15 is 0 Å². The minimum atomic E-state index is -8.39. The van der Waals surface area contributed by atoms with E-state index in [-0.39, 0.29) is 0 Å². The van der Waals surface area contributed by atoms with Crippen molar-refractivity contribution in [3.63, 3.8) is 0 Å². The van der Waals surface area contributed by atoms with Gasteiger partial charge in [0.2, 0.25) is 6.17 Å². The zero-order chi connectivity index (χ0) is 24.9. The molecule has 3 unspecified atom stereocenters. The predicted octanol–water partition coefficient (Wildman–Crippen LogP) is 6.31. The first-order valence-corrected chi connectivity index (χ1v) is 10.8. The lowest BCUT2D eigenvalue weighted by atomic mass is 9.89. The summed E-state index contributed by atoms with van der Waals surface area (Å²) < 4.78 is 221. The van der Waals surface area contributed by atoms with Gasteiger partial charge in [0.1, 0.15) is 0 Å². The molecule has 0 aromatic heterocycles. The summed E-state index contributed by atoms with van der Waals surface area (Å²) in [7, 11) is -4.79. The van der Waals surface area contributed by atoms with E-state index < -0.39 is 67.5 Å². The van der Waals surface area contributed by atoms with Gasteiger partial charge in [0.15, 0.2) is 12.0 Å². The van der Waals surface area contributed by atoms with Crippen LogP contribution in [-0.2, 0) is 0 Å². The smallest absolute Gasteiger partial charge is 0.242 e. The van der Waals surface area contributed by atoms with Gasteiger partial charge in [0.25, 0.3) is 13.8 Å². The van der Waals surface area contributed by atoms with Crippen LogP contribution in [0.5, 0.6) is 0 Å². The van der Waals surface area contributed by atoms with Crippen molar-refractivity contribution in [2.75, 3.05) is 0 Å². The maximum absolute atomic E-state index is 13.4. The van der Waals surface area contributed by atoms with Gasteiger partial charge in [-0.2, -0.15) is 52.7 Å². The third kappa shape index (κ3) is 4.15. The largest absolute Gasteiger partial charge is 0.384 e.